The van der Waals surface area contributed by atoms with Crippen molar-refractivity contribution in [2.45, 2.75) is 39.2 Å². The summed E-state index contributed by atoms with van der Waals surface area (Å²) in [5.41, 5.74) is 4.10. The van der Waals surface area contributed by atoms with Crippen LogP contribution in [0.3, 0.4) is 0 Å². The summed E-state index contributed by atoms with van der Waals surface area (Å²) in [6.45, 7) is 6.12. The third kappa shape index (κ3) is 3.49. The Hall–Kier alpha value is -0.980. The van der Waals surface area contributed by atoms with E-state index >= 15 is 0 Å². The van der Waals surface area contributed by atoms with Crippen LogP contribution in [-0.4, -0.2) is 33.7 Å². The smallest absolute Gasteiger partial charge is 0.343 e. The Morgan fingerprint density at radius 2 is 1.84 bits per heavy atom. The van der Waals surface area contributed by atoms with E-state index in [1.54, 1.807) is 0 Å². The molecule has 25 heavy (non-hydrogen) atoms. The summed E-state index contributed by atoms with van der Waals surface area (Å²) in [4.78, 5) is 12.9. The van der Waals surface area contributed by atoms with Gasteiger partial charge in [-0.1, -0.05) is 29.5 Å². The molecule has 0 unspecified atom stereocenters. The van der Waals surface area contributed by atoms with Crippen molar-refractivity contribution in [2.75, 3.05) is 17.8 Å². The monoisotopic (exact) mass is 394 g/mol. The van der Waals surface area contributed by atoms with Gasteiger partial charge in [0.25, 0.3) is 0 Å². The second-order valence-electron chi connectivity index (χ2n) is 6.53. The number of hydrogen-bond acceptors (Lipinski definition) is 6. The van der Waals surface area contributed by atoms with E-state index in [0.29, 0.717) is 15.7 Å². The maximum absolute atomic E-state index is 12.9. The number of thioether (sulfide) groups is 2. The van der Waals surface area contributed by atoms with Crippen molar-refractivity contribution in [3.05, 3.63) is 40.1 Å². The van der Waals surface area contributed by atoms with Crippen LogP contribution in [0.5, 0.6) is 0 Å². The summed E-state index contributed by atoms with van der Waals surface area (Å²) in [5, 5.41) is 0. The van der Waals surface area contributed by atoms with Gasteiger partial charge in [0.2, 0.25) is 4.38 Å². The highest BCUT2D eigenvalue weighted by molar-refractivity contribution is 8.22. The van der Waals surface area contributed by atoms with Gasteiger partial charge in [0.05, 0.1) is 0 Å². The first-order valence-electron chi connectivity index (χ1n) is 8.28. The third-order valence-electron chi connectivity index (χ3n) is 4.71. The maximum atomic E-state index is 12.9. The standard InChI is InChI=1S/C19H22O3S3/c1-11-9-12(2)14(13(3)10-11)15-16(21-18(23)24-4)19(22-17(15)20)5-7-25-8-6-19/h9-10H,5-8H2,1-4H3. The van der Waals surface area contributed by atoms with Crippen molar-refractivity contribution in [2.24, 2.45) is 0 Å². The van der Waals surface area contributed by atoms with Crippen LogP contribution in [0, 0.1) is 20.8 Å². The summed E-state index contributed by atoms with van der Waals surface area (Å²) in [6.07, 6.45) is 3.42. The van der Waals surface area contributed by atoms with Crippen LogP contribution in [0.1, 0.15) is 35.1 Å². The van der Waals surface area contributed by atoms with Gasteiger partial charge in [-0.25, -0.2) is 4.79 Å². The number of benzene rings is 1. The number of aryl methyl sites for hydroxylation is 3. The van der Waals surface area contributed by atoms with E-state index in [0.717, 1.165) is 41.0 Å². The molecule has 0 radical (unpaired) electrons. The number of carbonyl (C=O) groups is 1. The van der Waals surface area contributed by atoms with Crippen molar-refractivity contribution in [3.8, 4) is 0 Å². The predicted molar refractivity (Wildman–Crippen MR) is 110 cm³/mol. The predicted octanol–water partition coefficient (Wildman–Crippen LogP) is 4.81. The van der Waals surface area contributed by atoms with Crippen LogP contribution in [0.15, 0.2) is 17.9 Å². The van der Waals surface area contributed by atoms with Crippen molar-refractivity contribution in [1.29, 1.82) is 0 Å². The average molecular weight is 395 g/mol. The molecule has 0 aliphatic carbocycles. The lowest BCUT2D eigenvalue weighted by molar-refractivity contribution is -0.147. The fraction of sp³-hybridized carbons (Fsp3) is 0.474. The minimum absolute atomic E-state index is 0.291. The molecule has 6 heteroatoms. The molecular formula is C19H22O3S3. The van der Waals surface area contributed by atoms with Gasteiger partial charge < -0.3 is 9.47 Å². The molecule has 1 aromatic rings. The first-order valence-corrected chi connectivity index (χ1v) is 11.1. The van der Waals surface area contributed by atoms with E-state index in [1.165, 1.54) is 17.3 Å². The highest BCUT2D eigenvalue weighted by atomic mass is 32.2. The lowest BCUT2D eigenvalue weighted by Crippen LogP contribution is -2.37. The minimum Gasteiger partial charge on any atom is -0.447 e. The van der Waals surface area contributed by atoms with Gasteiger partial charge in [0, 0.05) is 12.8 Å². The molecule has 134 valence electrons. The molecular weight excluding hydrogens is 372 g/mol. The molecule has 1 spiro atoms. The Balaban J connectivity index is 2.20. The van der Waals surface area contributed by atoms with Crippen molar-refractivity contribution >= 4 is 51.7 Å². The van der Waals surface area contributed by atoms with Crippen LogP contribution in [0.25, 0.3) is 5.57 Å². The Morgan fingerprint density at radius 1 is 1.24 bits per heavy atom. The van der Waals surface area contributed by atoms with Crippen LogP contribution < -0.4 is 0 Å². The van der Waals surface area contributed by atoms with Gasteiger partial charge in [0.1, 0.15) is 5.57 Å². The van der Waals surface area contributed by atoms with Crippen LogP contribution in [0.2, 0.25) is 0 Å². The first-order chi connectivity index (χ1) is 11.9. The fourth-order valence-corrected chi connectivity index (χ4v) is 5.09. The summed E-state index contributed by atoms with van der Waals surface area (Å²) in [7, 11) is 0. The van der Waals surface area contributed by atoms with Crippen molar-refractivity contribution in [3.63, 3.8) is 0 Å². The summed E-state index contributed by atoms with van der Waals surface area (Å²) >= 11 is 8.56. The number of ether oxygens (including phenoxy) is 2. The van der Waals surface area contributed by atoms with Crippen molar-refractivity contribution < 1.29 is 14.3 Å². The molecule has 1 saturated heterocycles. The maximum Gasteiger partial charge on any atom is 0.343 e. The zero-order valence-electron chi connectivity index (χ0n) is 14.9. The zero-order valence-corrected chi connectivity index (χ0v) is 17.4. The lowest BCUT2D eigenvalue weighted by atomic mass is 9.88. The van der Waals surface area contributed by atoms with E-state index in [4.69, 9.17) is 21.7 Å². The molecule has 3 nitrogen and oxygen atoms in total. The van der Waals surface area contributed by atoms with E-state index in [-0.39, 0.29) is 5.97 Å². The normalized spacial score (nSPS) is 19.3. The Morgan fingerprint density at radius 3 is 2.40 bits per heavy atom. The Kier molecular flexibility index (Phi) is 5.51. The molecule has 0 N–H and O–H groups in total. The molecule has 0 amide bonds. The Labute approximate surface area is 162 Å². The summed E-state index contributed by atoms with van der Waals surface area (Å²) < 4.78 is 12.4. The molecule has 0 saturated carbocycles. The molecule has 3 rings (SSSR count). The minimum atomic E-state index is -0.665. The molecule has 1 fully saturated rings. The number of hydrogen-bond donors (Lipinski definition) is 0. The van der Waals surface area contributed by atoms with Gasteiger partial charge in [-0.2, -0.15) is 11.8 Å². The largest absolute Gasteiger partial charge is 0.447 e. The third-order valence-corrected chi connectivity index (χ3v) is 6.70. The van der Waals surface area contributed by atoms with Crippen LogP contribution in [0.4, 0.5) is 0 Å². The van der Waals surface area contributed by atoms with Gasteiger partial charge >= 0.3 is 5.97 Å². The zero-order chi connectivity index (χ0) is 18.2. The van der Waals surface area contributed by atoms with Gasteiger partial charge in [-0.05, 0) is 67.4 Å². The average Bonchev–Trinajstić information content (AvgIpc) is 2.79. The van der Waals surface area contributed by atoms with Crippen LogP contribution in [-0.2, 0) is 14.3 Å². The second-order valence-corrected chi connectivity index (χ2v) is 9.16. The topological polar surface area (TPSA) is 35.5 Å². The number of thiocarbonyl (C=S) groups is 1. The molecule has 0 atom stereocenters. The highest BCUT2D eigenvalue weighted by Crippen LogP contribution is 2.47. The SMILES string of the molecule is CSC(=S)OC1=C(c2c(C)cc(C)cc2C)C(=O)OC12CCSCC2. The van der Waals surface area contributed by atoms with Crippen molar-refractivity contribution in [1.82, 2.24) is 0 Å². The van der Waals surface area contributed by atoms with E-state index in [9.17, 15) is 4.79 Å². The Bertz CT molecular complexity index is 738. The molecule has 2 aliphatic rings. The lowest BCUT2D eigenvalue weighted by Gasteiger charge is -2.33. The number of rotatable bonds is 2. The van der Waals surface area contributed by atoms with Gasteiger partial charge in [-0.15, -0.1) is 0 Å². The number of carbonyl (C=O) groups excluding carboxylic acids is 1. The summed E-state index contributed by atoms with van der Waals surface area (Å²) in [5.74, 6) is 2.23. The number of esters is 1. The van der Waals surface area contributed by atoms with Gasteiger partial charge in [-0.3, -0.25) is 0 Å². The summed E-state index contributed by atoms with van der Waals surface area (Å²) in [6, 6.07) is 4.18. The van der Waals surface area contributed by atoms with Crippen LogP contribution >= 0.6 is 35.7 Å². The highest BCUT2D eigenvalue weighted by Gasteiger charge is 2.51. The van der Waals surface area contributed by atoms with Gasteiger partial charge in [0.15, 0.2) is 11.4 Å². The second kappa shape index (κ2) is 7.33. The fourth-order valence-electron chi connectivity index (χ4n) is 3.68. The molecule has 2 aliphatic heterocycles. The van der Waals surface area contributed by atoms with E-state index in [2.05, 4.69) is 19.1 Å². The van der Waals surface area contributed by atoms with E-state index < -0.39 is 5.60 Å². The first kappa shape index (κ1) is 18.8. The molecule has 1 aromatic carbocycles. The molecule has 0 bridgehead atoms. The quantitative estimate of drug-likeness (QED) is 0.529. The molecule has 2 heterocycles. The molecule has 0 aromatic heterocycles. The van der Waals surface area contributed by atoms with E-state index in [1.807, 2.05) is 31.9 Å².